The predicted octanol–water partition coefficient (Wildman–Crippen LogP) is 2.13. The maximum atomic E-state index is 12.6. The van der Waals surface area contributed by atoms with Crippen molar-refractivity contribution in [3.05, 3.63) is 23.9 Å². The van der Waals surface area contributed by atoms with Crippen molar-refractivity contribution in [1.82, 2.24) is 9.29 Å². The molecular weight excluding hydrogens is 286 g/mol. The Morgan fingerprint density at radius 2 is 1.95 bits per heavy atom. The van der Waals surface area contributed by atoms with E-state index in [9.17, 15) is 8.42 Å². The summed E-state index contributed by atoms with van der Waals surface area (Å²) in [4.78, 5) is 4.06. The molecule has 1 aliphatic carbocycles. The number of nitrogens with two attached hydrogens (primary N) is 1. The van der Waals surface area contributed by atoms with Crippen molar-refractivity contribution in [2.24, 2.45) is 11.1 Å². The van der Waals surface area contributed by atoms with Gasteiger partial charge < -0.3 is 5.73 Å². The van der Waals surface area contributed by atoms with Crippen LogP contribution < -0.4 is 5.73 Å². The standard InChI is InChI=1S/C15H25N3O2S/c1-15(2)8-6-13(7-9-15)18(3)21(19,20)14-5-4-12(10-16)11-17-14/h4-5,11,13H,6-10,16H2,1-3H3. The van der Waals surface area contributed by atoms with Crippen molar-refractivity contribution in [3.8, 4) is 0 Å². The van der Waals surface area contributed by atoms with Gasteiger partial charge in [-0.2, -0.15) is 4.31 Å². The Morgan fingerprint density at radius 3 is 2.43 bits per heavy atom. The third-order valence-corrected chi connectivity index (χ3v) is 6.33. The summed E-state index contributed by atoms with van der Waals surface area (Å²) >= 11 is 0. The highest BCUT2D eigenvalue weighted by Crippen LogP contribution is 2.37. The van der Waals surface area contributed by atoms with Crippen LogP contribution in [0.25, 0.3) is 0 Å². The molecule has 1 aliphatic rings. The van der Waals surface area contributed by atoms with Gasteiger partial charge in [0.1, 0.15) is 0 Å². The molecule has 1 aromatic heterocycles. The van der Waals surface area contributed by atoms with Gasteiger partial charge in [-0.1, -0.05) is 19.9 Å². The lowest BCUT2D eigenvalue weighted by Gasteiger charge is -2.37. The van der Waals surface area contributed by atoms with Gasteiger partial charge in [0.05, 0.1) is 0 Å². The highest BCUT2D eigenvalue weighted by molar-refractivity contribution is 7.89. The number of rotatable bonds is 4. The SMILES string of the molecule is CN(C1CCC(C)(C)CC1)S(=O)(=O)c1ccc(CN)cn1. The minimum absolute atomic E-state index is 0.0685. The van der Waals surface area contributed by atoms with Crippen molar-refractivity contribution >= 4 is 10.0 Å². The summed E-state index contributed by atoms with van der Waals surface area (Å²) in [5, 5.41) is 0.104. The first-order valence-electron chi connectivity index (χ1n) is 7.39. The average molecular weight is 311 g/mol. The minimum atomic E-state index is -3.52. The Balaban J connectivity index is 2.15. The Bertz CT molecular complexity index is 571. The van der Waals surface area contributed by atoms with E-state index in [2.05, 4.69) is 18.8 Å². The molecule has 0 aliphatic heterocycles. The van der Waals surface area contributed by atoms with Crippen LogP contribution in [0.15, 0.2) is 23.4 Å². The second-order valence-corrected chi connectivity index (χ2v) is 8.57. The van der Waals surface area contributed by atoms with Crippen LogP contribution in [-0.4, -0.2) is 30.8 Å². The highest BCUT2D eigenvalue weighted by atomic mass is 32.2. The van der Waals surface area contributed by atoms with E-state index in [0.29, 0.717) is 12.0 Å². The molecule has 0 unspecified atom stereocenters. The van der Waals surface area contributed by atoms with E-state index in [1.165, 1.54) is 10.5 Å². The summed E-state index contributed by atoms with van der Waals surface area (Å²) < 4.78 is 26.7. The number of hydrogen-bond donors (Lipinski definition) is 1. The predicted molar refractivity (Wildman–Crippen MR) is 83.1 cm³/mol. The summed E-state index contributed by atoms with van der Waals surface area (Å²) in [6, 6.07) is 3.33. The molecule has 2 rings (SSSR count). The van der Waals surface area contributed by atoms with E-state index in [-0.39, 0.29) is 11.1 Å². The normalized spacial score (nSPS) is 19.9. The van der Waals surface area contributed by atoms with E-state index < -0.39 is 10.0 Å². The molecule has 0 amide bonds. The van der Waals surface area contributed by atoms with Crippen LogP contribution in [0.4, 0.5) is 0 Å². The van der Waals surface area contributed by atoms with Crippen LogP contribution in [0.3, 0.4) is 0 Å². The first kappa shape index (κ1) is 16.4. The smallest absolute Gasteiger partial charge is 0.260 e. The maximum Gasteiger partial charge on any atom is 0.260 e. The third-order valence-electron chi connectivity index (χ3n) is 4.50. The quantitative estimate of drug-likeness (QED) is 0.924. The fraction of sp³-hybridized carbons (Fsp3) is 0.667. The fourth-order valence-electron chi connectivity index (χ4n) is 2.78. The van der Waals surface area contributed by atoms with Crippen LogP contribution in [0.1, 0.15) is 45.1 Å². The van der Waals surface area contributed by atoms with E-state index in [4.69, 9.17) is 5.73 Å². The van der Waals surface area contributed by atoms with Crippen LogP contribution in [-0.2, 0) is 16.6 Å². The molecule has 0 aromatic carbocycles. The average Bonchev–Trinajstić information content (AvgIpc) is 2.46. The molecule has 0 atom stereocenters. The molecule has 0 bridgehead atoms. The van der Waals surface area contributed by atoms with E-state index in [0.717, 1.165) is 31.2 Å². The third kappa shape index (κ3) is 3.62. The van der Waals surface area contributed by atoms with Gasteiger partial charge in [0.25, 0.3) is 10.0 Å². The van der Waals surface area contributed by atoms with Crippen LogP contribution in [0, 0.1) is 5.41 Å². The minimum Gasteiger partial charge on any atom is -0.326 e. The van der Waals surface area contributed by atoms with Crippen LogP contribution in [0.2, 0.25) is 0 Å². The summed E-state index contributed by atoms with van der Waals surface area (Å²) in [6.07, 6.45) is 5.45. The summed E-state index contributed by atoms with van der Waals surface area (Å²) in [5.41, 5.74) is 6.66. The fourth-order valence-corrected chi connectivity index (χ4v) is 4.10. The lowest BCUT2D eigenvalue weighted by Crippen LogP contribution is -2.41. The van der Waals surface area contributed by atoms with E-state index >= 15 is 0 Å². The van der Waals surface area contributed by atoms with Crippen LogP contribution >= 0.6 is 0 Å². The summed E-state index contributed by atoms with van der Waals surface area (Å²) in [7, 11) is -1.86. The number of sulfonamides is 1. The van der Waals surface area contributed by atoms with Crippen molar-refractivity contribution in [3.63, 3.8) is 0 Å². The molecule has 6 heteroatoms. The number of aromatic nitrogens is 1. The number of nitrogens with zero attached hydrogens (tertiary/aromatic N) is 2. The Morgan fingerprint density at radius 1 is 1.33 bits per heavy atom. The molecule has 21 heavy (non-hydrogen) atoms. The van der Waals surface area contributed by atoms with Crippen molar-refractivity contribution < 1.29 is 8.42 Å². The van der Waals surface area contributed by atoms with Gasteiger partial charge >= 0.3 is 0 Å². The molecule has 118 valence electrons. The molecule has 1 heterocycles. The van der Waals surface area contributed by atoms with Gasteiger partial charge in [-0.3, -0.25) is 0 Å². The molecule has 1 aromatic rings. The second-order valence-electron chi connectivity index (χ2n) is 6.63. The summed E-state index contributed by atoms with van der Waals surface area (Å²) in [5.74, 6) is 0. The lowest BCUT2D eigenvalue weighted by atomic mass is 9.76. The van der Waals surface area contributed by atoms with Gasteiger partial charge in [0, 0.05) is 25.8 Å². The van der Waals surface area contributed by atoms with Gasteiger partial charge in [-0.25, -0.2) is 13.4 Å². The lowest BCUT2D eigenvalue weighted by molar-refractivity contribution is 0.174. The van der Waals surface area contributed by atoms with Crippen molar-refractivity contribution in [1.29, 1.82) is 0 Å². The van der Waals surface area contributed by atoms with Gasteiger partial charge in [-0.05, 0) is 42.7 Å². The van der Waals surface area contributed by atoms with Crippen LogP contribution in [0.5, 0.6) is 0 Å². The molecule has 0 spiro atoms. The number of pyridine rings is 1. The zero-order valence-corrected chi connectivity index (χ0v) is 13.9. The van der Waals surface area contributed by atoms with Gasteiger partial charge in [-0.15, -0.1) is 0 Å². The van der Waals surface area contributed by atoms with Gasteiger partial charge in [0.15, 0.2) is 5.03 Å². The molecule has 1 saturated carbocycles. The number of hydrogen-bond acceptors (Lipinski definition) is 4. The first-order chi connectivity index (χ1) is 9.76. The zero-order chi connectivity index (χ0) is 15.7. The van der Waals surface area contributed by atoms with Crippen molar-refractivity contribution in [2.75, 3.05) is 7.05 Å². The van der Waals surface area contributed by atoms with Crippen molar-refractivity contribution in [2.45, 2.75) is 57.1 Å². The molecule has 2 N–H and O–H groups in total. The largest absolute Gasteiger partial charge is 0.326 e. The van der Waals surface area contributed by atoms with Gasteiger partial charge in [0.2, 0.25) is 0 Å². The first-order valence-corrected chi connectivity index (χ1v) is 8.83. The molecular formula is C15H25N3O2S. The van der Waals surface area contributed by atoms with E-state index in [1.54, 1.807) is 19.2 Å². The summed E-state index contributed by atoms with van der Waals surface area (Å²) in [6.45, 7) is 4.84. The molecule has 5 nitrogen and oxygen atoms in total. The maximum absolute atomic E-state index is 12.6. The second kappa shape index (κ2) is 6.02. The molecule has 0 saturated heterocycles. The van der Waals surface area contributed by atoms with E-state index in [1.807, 2.05) is 0 Å². The Labute approximate surface area is 127 Å². The zero-order valence-electron chi connectivity index (χ0n) is 13.0. The Hall–Kier alpha value is -0.980. The molecule has 0 radical (unpaired) electrons. The Kier molecular flexibility index (Phi) is 4.70. The topological polar surface area (TPSA) is 76.3 Å². The monoisotopic (exact) mass is 311 g/mol. The molecule has 1 fully saturated rings. The highest BCUT2D eigenvalue weighted by Gasteiger charge is 2.34.